The van der Waals surface area contributed by atoms with Crippen molar-refractivity contribution in [2.24, 2.45) is 0 Å². The highest BCUT2D eigenvalue weighted by Crippen LogP contribution is 2.16. The lowest BCUT2D eigenvalue weighted by molar-refractivity contribution is 0.0526. The number of anilines is 1. The van der Waals surface area contributed by atoms with Crippen LogP contribution in [0.25, 0.3) is 0 Å². The molecular formula is C14H19F2N3O3. The molecule has 1 aromatic carbocycles. The number of carbonyl (C=O) groups is 2. The molecule has 6 nitrogen and oxygen atoms in total. The van der Waals surface area contributed by atoms with Crippen molar-refractivity contribution < 1.29 is 23.1 Å². The Morgan fingerprint density at radius 3 is 2.32 bits per heavy atom. The Balaban J connectivity index is 2.44. The van der Waals surface area contributed by atoms with Crippen molar-refractivity contribution in [3.05, 3.63) is 29.3 Å². The minimum absolute atomic E-state index is 0.0504. The van der Waals surface area contributed by atoms with Gasteiger partial charge in [-0.15, -0.1) is 0 Å². The third-order valence-corrected chi connectivity index (χ3v) is 2.41. The van der Waals surface area contributed by atoms with Crippen LogP contribution in [0.5, 0.6) is 0 Å². The number of rotatable bonds is 4. The zero-order valence-corrected chi connectivity index (χ0v) is 12.6. The number of nitrogen functional groups attached to an aromatic ring is 1. The molecule has 0 aromatic heterocycles. The Bertz CT molecular complexity index is 571. The maximum absolute atomic E-state index is 13.5. The average Bonchev–Trinajstić information content (AvgIpc) is 2.36. The summed E-state index contributed by atoms with van der Waals surface area (Å²) >= 11 is 0. The molecule has 0 aliphatic carbocycles. The molecule has 2 amide bonds. The molecule has 0 radical (unpaired) electrons. The van der Waals surface area contributed by atoms with Crippen molar-refractivity contribution in [2.45, 2.75) is 26.4 Å². The molecule has 122 valence electrons. The van der Waals surface area contributed by atoms with Gasteiger partial charge in [0.05, 0.1) is 11.3 Å². The van der Waals surface area contributed by atoms with Crippen LogP contribution in [-0.4, -0.2) is 30.7 Å². The van der Waals surface area contributed by atoms with Crippen LogP contribution >= 0.6 is 0 Å². The van der Waals surface area contributed by atoms with Crippen molar-refractivity contribution in [1.82, 2.24) is 10.6 Å². The Hall–Kier alpha value is -2.38. The Kier molecular flexibility index (Phi) is 5.67. The highest BCUT2D eigenvalue weighted by molar-refractivity contribution is 5.95. The number of benzene rings is 1. The van der Waals surface area contributed by atoms with Gasteiger partial charge in [-0.05, 0) is 26.8 Å². The lowest BCUT2D eigenvalue weighted by Crippen LogP contribution is -2.38. The van der Waals surface area contributed by atoms with Crippen molar-refractivity contribution >= 4 is 17.7 Å². The molecule has 0 saturated carbocycles. The molecule has 0 heterocycles. The highest BCUT2D eigenvalue weighted by Gasteiger charge is 2.16. The van der Waals surface area contributed by atoms with Crippen LogP contribution in [0.1, 0.15) is 31.1 Å². The van der Waals surface area contributed by atoms with Crippen LogP contribution < -0.4 is 16.4 Å². The van der Waals surface area contributed by atoms with E-state index in [1.807, 2.05) is 0 Å². The maximum Gasteiger partial charge on any atom is 0.407 e. The van der Waals surface area contributed by atoms with Crippen molar-refractivity contribution in [3.63, 3.8) is 0 Å². The number of alkyl carbamates (subject to hydrolysis) is 1. The molecule has 8 heteroatoms. The Labute approximate surface area is 127 Å². The summed E-state index contributed by atoms with van der Waals surface area (Å²) in [5.41, 5.74) is 3.98. The van der Waals surface area contributed by atoms with Gasteiger partial charge >= 0.3 is 6.09 Å². The van der Waals surface area contributed by atoms with E-state index in [9.17, 15) is 18.4 Å². The number of hydrogen-bond acceptors (Lipinski definition) is 4. The van der Waals surface area contributed by atoms with E-state index in [0.29, 0.717) is 6.07 Å². The average molecular weight is 315 g/mol. The summed E-state index contributed by atoms with van der Waals surface area (Å²) < 4.78 is 31.4. The largest absolute Gasteiger partial charge is 0.444 e. The second kappa shape index (κ2) is 7.06. The van der Waals surface area contributed by atoms with E-state index in [-0.39, 0.29) is 24.3 Å². The molecule has 0 aliphatic heterocycles. The molecule has 22 heavy (non-hydrogen) atoms. The number of nitrogens with two attached hydrogens (primary N) is 1. The summed E-state index contributed by atoms with van der Waals surface area (Å²) in [6, 6.07) is 1.46. The predicted molar refractivity (Wildman–Crippen MR) is 77.3 cm³/mol. The summed E-state index contributed by atoms with van der Waals surface area (Å²) in [7, 11) is 0. The van der Waals surface area contributed by atoms with E-state index in [1.165, 1.54) is 0 Å². The van der Waals surface area contributed by atoms with Crippen LogP contribution in [0.3, 0.4) is 0 Å². The number of ether oxygens (including phenoxy) is 1. The fourth-order valence-electron chi connectivity index (χ4n) is 1.49. The smallest absolute Gasteiger partial charge is 0.407 e. The topological polar surface area (TPSA) is 93.5 Å². The summed E-state index contributed by atoms with van der Waals surface area (Å²) in [6.07, 6.45) is -0.626. The van der Waals surface area contributed by atoms with Gasteiger partial charge in [0.2, 0.25) is 0 Å². The lowest BCUT2D eigenvalue weighted by Gasteiger charge is -2.19. The van der Waals surface area contributed by atoms with E-state index >= 15 is 0 Å². The molecule has 4 N–H and O–H groups in total. The SMILES string of the molecule is CC(C)(C)OC(=O)NCCNC(=O)c1cc(N)c(F)cc1F. The van der Waals surface area contributed by atoms with E-state index < -0.39 is 29.2 Å². The van der Waals surface area contributed by atoms with Crippen LogP contribution in [0, 0.1) is 11.6 Å². The number of carbonyl (C=O) groups excluding carboxylic acids is 2. The molecule has 0 saturated heterocycles. The molecule has 0 aliphatic rings. The molecule has 0 unspecified atom stereocenters. The first-order valence-electron chi connectivity index (χ1n) is 6.59. The number of halogens is 2. The monoisotopic (exact) mass is 315 g/mol. The van der Waals surface area contributed by atoms with E-state index in [4.69, 9.17) is 10.5 Å². The lowest BCUT2D eigenvalue weighted by atomic mass is 10.1. The van der Waals surface area contributed by atoms with E-state index in [0.717, 1.165) is 6.07 Å². The third-order valence-electron chi connectivity index (χ3n) is 2.41. The van der Waals surface area contributed by atoms with Crippen LogP contribution in [-0.2, 0) is 4.74 Å². The molecule has 0 atom stereocenters. The minimum Gasteiger partial charge on any atom is -0.444 e. The van der Waals surface area contributed by atoms with Crippen LogP contribution in [0.2, 0.25) is 0 Å². The summed E-state index contributed by atoms with van der Waals surface area (Å²) in [6.45, 7) is 5.30. The first kappa shape index (κ1) is 17.7. The van der Waals surface area contributed by atoms with Gasteiger partial charge in [0.1, 0.15) is 17.2 Å². The van der Waals surface area contributed by atoms with E-state index in [2.05, 4.69) is 10.6 Å². The molecule has 0 fully saturated rings. The van der Waals surface area contributed by atoms with E-state index in [1.54, 1.807) is 20.8 Å². The molecular weight excluding hydrogens is 296 g/mol. The van der Waals surface area contributed by atoms with Gasteiger partial charge in [-0.2, -0.15) is 0 Å². The van der Waals surface area contributed by atoms with Gasteiger partial charge < -0.3 is 21.1 Å². The fourth-order valence-corrected chi connectivity index (χ4v) is 1.49. The zero-order chi connectivity index (χ0) is 16.9. The van der Waals surface area contributed by atoms with Gasteiger partial charge in [0, 0.05) is 19.2 Å². The normalized spacial score (nSPS) is 11.0. The zero-order valence-electron chi connectivity index (χ0n) is 12.6. The fraction of sp³-hybridized carbons (Fsp3) is 0.429. The van der Waals surface area contributed by atoms with Crippen LogP contribution in [0.15, 0.2) is 12.1 Å². The quantitative estimate of drug-likeness (QED) is 0.583. The highest BCUT2D eigenvalue weighted by atomic mass is 19.1. The second-order valence-corrected chi connectivity index (χ2v) is 5.54. The summed E-state index contributed by atoms with van der Waals surface area (Å²) in [5.74, 6) is -2.69. The maximum atomic E-state index is 13.5. The van der Waals surface area contributed by atoms with Gasteiger partial charge in [-0.3, -0.25) is 4.79 Å². The standard InChI is InChI=1S/C14H19F2N3O3/c1-14(2,3)22-13(21)19-5-4-18-12(20)8-6-11(17)10(16)7-9(8)15/h6-7H,4-5,17H2,1-3H3,(H,18,20)(H,19,21). The number of nitrogens with one attached hydrogen (secondary N) is 2. The number of amides is 2. The molecule has 0 spiro atoms. The minimum atomic E-state index is -1.01. The van der Waals surface area contributed by atoms with Crippen molar-refractivity contribution in [2.75, 3.05) is 18.8 Å². The first-order valence-corrected chi connectivity index (χ1v) is 6.59. The van der Waals surface area contributed by atoms with Gasteiger partial charge in [0.25, 0.3) is 5.91 Å². The summed E-state index contributed by atoms with van der Waals surface area (Å²) in [5, 5.41) is 4.80. The van der Waals surface area contributed by atoms with Crippen molar-refractivity contribution in [3.8, 4) is 0 Å². The first-order chi connectivity index (χ1) is 10.1. The Morgan fingerprint density at radius 2 is 1.73 bits per heavy atom. The van der Waals surface area contributed by atoms with Gasteiger partial charge in [-0.25, -0.2) is 13.6 Å². The molecule has 0 bridgehead atoms. The van der Waals surface area contributed by atoms with Crippen molar-refractivity contribution in [1.29, 1.82) is 0 Å². The van der Waals surface area contributed by atoms with Gasteiger partial charge in [0.15, 0.2) is 0 Å². The second-order valence-electron chi connectivity index (χ2n) is 5.54. The molecule has 1 rings (SSSR count). The molecule has 1 aromatic rings. The predicted octanol–water partition coefficient (Wildman–Crippen LogP) is 1.80. The van der Waals surface area contributed by atoms with Crippen LogP contribution in [0.4, 0.5) is 19.3 Å². The Morgan fingerprint density at radius 1 is 1.14 bits per heavy atom. The number of hydrogen-bond donors (Lipinski definition) is 3. The third kappa shape index (κ3) is 5.55. The summed E-state index contributed by atoms with van der Waals surface area (Å²) in [4.78, 5) is 23.1. The van der Waals surface area contributed by atoms with Gasteiger partial charge in [-0.1, -0.05) is 0 Å².